The molecule has 16 heavy (non-hydrogen) atoms. The van der Waals surface area contributed by atoms with Gasteiger partial charge in [-0.15, -0.1) is 0 Å². The van der Waals surface area contributed by atoms with E-state index in [1.807, 2.05) is 0 Å². The van der Waals surface area contributed by atoms with Crippen molar-refractivity contribution < 1.29 is 9.18 Å². The van der Waals surface area contributed by atoms with Crippen LogP contribution >= 0.6 is 0 Å². The monoisotopic (exact) mass is 228 g/mol. The summed E-state index contributed by atoms with van der Waals surface area (Å²) in [4.78, 5) is 11.8. The number of amides is 1. The lowest BCUT2D eigenvalue weighted by atomic mass is 9.87. The van der Waals surface area contributed by atoms with Gasteiger partial charge in [0.2, 0.25) is 5.91 Å². The summed E-state index contributed by atoms with van der Waals surface area (Å²) < 4.78 is 12.9. The molecule has 0 bridgehead atoms. The third kappa shape index (κ3) is 2.94. The van der Waals surface area contributed by atoms with E-state index in [1.165, 1.54) is 12.8 Å². The van der Waals surface area contributed by atoms with Crippen LogP contribution < -0.4 is 10.6 Å². The topological polar surface area (TPSA) is 41.1 Å². The number of alkyl halides is 1. The van der Waals surface area contributed by atoms with Crippen molar-refractivity contribution in [3.63, 3.8) is 0 Å². The molecule has 1 amide bonds. The van der Waals surface area contributed by atoms with Gasteiger partial charge in [0, 0.05) is 19.0 Å². The Kier molecular flexibility index (Phi) is 3.79. The van der Waals surface area contributed by atoms with Gasteiger partial charge >= 0.3 is 0 Å². The van der Waals surface area contributed by atoms with Crippen LogP contribution in [0.3, 0.4) is 0 Å². The second-order valence-electron chi connectivity index (χ2n) is 5.26. The lowest BCUT2D eigenvalue weighted by Crippen LogP contribution is -2.46. The van der Waals surface area contributed by atoms with Crippen LogP contribution in [0.15, 0.2) is 0 Å². The highest BCUT2D eigenvalue weighted by Crippen LogP contribution is 2.23. The normalized spacial score (nSPS) is 39.6. The standard InChI is InChI=1S/C12H21FN2O/c1-8-2-4-10(5-3-8)15-12(16)11-6-9(13)7-14-11/h8-11,14H,2-7H2,1H3,(H,15,16)/t8?,9-,10?,11+/m0/s1. The minimum absolute atomic E-state index is 0.0142. The average molecular weight is 228 g/mol. The molecule has 0 aromatic heterocycles. The molecule has 2 aliphatic rings. The van der Waals surface area contributed by atoms with E-state index in [4.69, 9.17) is 0 Å². The average Bonchev–Trinajstić information content (AvgIpc) is 2.68. The molecule has 4 heteroatoms. The summed E-state index contributed by atoms with van der Waals surface area (Å²) in [5.74, 6) is 0.771. The minimum Gasteiger partial charge on any atom is -0.352 e. The van der Waals surface area contributed by atoms with Crippen LogP contribution in [0.2, 0.25) is 0 Å². The Morgan fingerprint density at radius 1 is 1.31 bits per heavy atom. The van der Waals surface area contributed by atoms with Gasteiger partial charge in [0.1, 0.15) is 6.17 Å². The van der Waals surface area contributed by atoms with E-state index in [-0.39, 0.29) is 11.9 Å². The second kappa shape index (κ2) is 5.13. The number of nitrogens with one attached hydrogen (secondary N) is 2. The van der Waals surface area contributed by atoms with Crippen LogP contribution in [-0.2, 0) is 4.79 Å². The minimum atomic E-state index is -0.859. The lowest BCUT2D eigenvalue weighted by molar-refractivity contribution is -0.123. The SMILES string of the molecule is CC1CCC(NC(=O)[C@H]2C[C@H](F)CN2)CC1. The van der Waals surface area contributed by atoms with E-state index < -0.39 is 6.17 Å². The molecule has 0 unspecified atom stereocenters. The summed E-state index contributed by atoms with van der Waals surface area (Å²) in [6, 6.07) is -0.00138. The van der Waals surface area contributed by atoms with Gasteiger partial charge in [-0.25, -0.2) is 4.39 Å². The van der Waals surface area contributed by atoms with E-state index in [1.54, 1.807) is 0 Å². The van der Waals surface area contributed by atoms with Crippen LogP contribution in [0.1, 0.15) is 39.0 Å². The molecule has 1 saturated heterocycles. The molecule has 1 saturated carbocycles. The first-order chi connectivity index (χ1) is 7.65. The van der Waals surface area contributed by atoms with Gasteiger partial charge < -0.3 is 10.6 Å². The Morgan fingerprint density at radius 3 is 2.56 bits per heavy atom. The zero-order valence-corrected chi connectivity index (χ0v) is 9.84. The van der Waals surface area contributed by atoms with E-state index in [0.717, 1.165) is 18.8 Å². The van der Waals surface area contributed by atoms with Crippen molar-refractivity contribution in [2.45, 2.75) is 57.3 Å². The zero-order chi connectivity index (χ0) is 11.5. The molecule has 1 aliphatic heterocycles. The Morgan fingerprint density at radius 2 is 2.00 bits per heavy atom. The predicted octanol–water partition coefficient (Wildman–Crippen LogP) is 1.38. The predicted molar refractivity (Wildman–Crippen MR) is 60.9 cm³/mol. The first-order valence-corrected chi connectivity index (χ1v) is 6.33. The van der Waals surface area contributed by atoms with Crippen LogP contribution in [0.25, 0.3) is 0 Å². The van der Waals surface area contributed by atoms with Crippen molar-refractivity contribution in [2.75, 3.05) is 6.54 Å². The van der Waals surface area contributed by atoms with Crippen LogP contribution in [0, 0.1) is 5.92 Å². The maximum absolute atomic E-state index is 12.9. The van der Waals surface area contributed by atoms with Crippen molar-refractivity contribution in [2.24, 2.45) is 5.92 Å². The molecule has 2 fully saturated rings. The Labute approximate surface area is 96.2 Å². The molecule has 0 aromatic rings. The van der Waals surface area contributed by atoms with Crippen molar-refractivity contribution in [1.29, 1.82) is 0 Å². The van der Waals surface area contributed by atoms with E-state index in [9.17, 15) is 9.18 Å². The van der Waals surface area contributed by atoms with Crippen molar-refractivity contribution in [3.05, 3.63) is 0 Å². The molecule has 0 spiro atoms. The maximum Gasteiger partial charge on any atom is 0.237 e. The van der Waals surface area contributed by atoms with E-state index in [0.29, 0.717) is 19.0 Å². The zero-order valence-electron chi connectivity index (χ0n) is 9.84. The first kappa shape index (κ1) is 11.8. The van der Waals surface area contributed by atoms with Crippen molar-refractivity contribution >= 4 is 5.91 Å². The molecular formula is C12H21FN2O. The molecule has 2 N–H and O–H groups in total. The number of hydrogen-bond acceptors (Lipinski definition) is 2. The van der Waals surface area contributed by atoms with Gasteiger partial charge in [-0.2, -0.15) is 0 Å². The van der Waals surface area contributed by atoms with Crippen molar-refractivity contribution in [1.82, 2.24) is 10.6 Å². The summed E-state index contributed by atoms with van der Waals surface area (Å²) >= 11 is 0. The fraction of sp³-hybridized carbons (Fsp3) is 0.917. The number of carbonyl (C=O) groups excluding carboxylic acids is 1. The first-order valence-electron chi connectivity index (χ1n) is 6.33. The number of rotatable bonds is 2. The highest BCUT2D eigenvalue weighted by atomic mass is 19.1. The molecule has 1 heterocycles. The molecule has 92 valence electrons. The second-order valence-corrected chi connectivity index (χ2v) is 5.26. The third-order valence-electron chi connectivity index (χ3n) is 3.76. The van der Waals surface area contributed by atoms with Crippen LogP contribution in [0.4, 0.5) is 4.39 Å². The molecule has 2 atom stereocenters. The maximum atomic E-state index is 12.9. The summed E-state index contributed by atoms with van der Waals surface area (Å²) in [5, 5.41) is 5.95. The van der Waals surface area contributed by atoms with Gasteiger partial charge in [0.25, 0.3) is 0 Å². The molecule has 1 aliphatic carbocycles. The summed E-state index contributed by atoms with van der Waals surface area (Å²) in [7, 11) is 0. The number of hydrogen-bond donors (Lipinski definition) is 2. The number of halogens is 1. The fourth-order valence-electron chi connectivity index (χ4n) is 2.60. The molecular weight excluding hydrogens is 207 g/mol. The van der Waals surface area contributed by atoms with Crippen LogP contribution in [-0.4, -0.2) is 30.7 Å². The van der Waals surface area contributed by atoms with Gasteiger partial charge in [-0.3, -0.25) is 4.79 Å². The third-order valence-corrected chi connectivity index (χ3v) is 3.76. The Bertz CT molecular complexity index is 251. The fourth-order valence-corrected chi connectivity index (χ4v) is 2.60. The van der Waals surface area contributed by atoms with E-state index >= 15 is 0 Å². The highest BCUT2D eigenvalue weighted by molar-refractivity contribution is 5.82. The van der Waals surface area contributed by atoms with Gasteiger partial charge in [0.15, 0.2) is 0 Å². The Hall–Kier alpha value is -0.640. The highest BCUT2D eigenvalue weighted by Gasteiger charge is 2.30. The summed E-state index contributed by atoms with van der Waals surface area (Å²) in [6.45, 7) is 2.57. The lowest BCUT2D eigenvalue weighted by Gasteiger charge is -2.27. The van der Waals surface area contributed by atoms with Gasteiger partial charge in [0.05, 0.1) is 6.04 Å². The quantitative estimate of drug-likeness (QED) is 0.749. The summed E-state index contributed by atoms with van der Waals surface area (Å²) in [5.41, 5.74) is 0. The van der Waals surface area contributed by atoms with Gasteiger partial charge in [-0.1, -0.05) is 6.92 Å². The van der Waals surface area contributed by atoms with Crippen LogP contribution in [0.5, 0.6) is 0 Å². The smallest absolute Gasteiger partial charge is 0.237 e. The van der Waals surface area contributed by atoms with E-state index in [2.05, 4.69) is 17.6 Å². The molecule has 0 aromatic carbocycles. The summed E-state index contributed by atoms with van der Waals surface area (Å²) in [6.07, 6.45) is 3.98. The molecule has 2 rings (SSSR count). The Balaban J connectivity index is 1.75. The van der Waals surface area contributed by atoms with Crippen molar-refractivity contribution in [3.8, 4) is 0 Å². The largest absolute Gasteiger partial charge is 0.352 e. The molecule has 3 nitrogen and oxygen atoms in total. The number of carbonyl (C=O) groups is 1. The van der Waals surface area contributed by atoms with Gasteiger partial charge in [-0.05, 0) is 31.6 Å². The molecule has 0 radical (unpaired) electrons.